The monoisotopic (exact) mass is 217 g/mol. The highest BCUT2D eigenvalue weighted by Crippen LogP contribution is 2.20. The minimum atomic E-state index is -0.571. The molecule has 0 amide bonds. The summed E-state index contributed by atoms with van der Waals surface area (Å²) in [6.45, 7) is 3.96. The van der Waals surface area contributed by atoms with Crippen LogP contribution in [0.15, 0.2) is 35.3 Å². The van der Waals surface area contributed by atoms with Gasteiger partial charge in [-0.1, -0.05) is 6.07 Å². The van der Waals surface area contributed by atoms with Gasteiger partial charge in [-0.25, -0.2) is 0 Å². The van der Waals surface area contributed by atoms with Crippen LogP contribution in [0.25, 0.3) is 0 Å². The summed E-state index contributed by atoms with van der Waals surface area (Å²) in [4.78, 5) is 4.28. The molecule has 1 atom stereocenters. The highest BCUT2D eigenvalue weighted by atomic mass is 16.3. The number of hydrogen-bond donors (Lipinski definition) is 1. The van der Waals surface area contributed by atoms with Gasteiger partial charge in [0.05, 0.1) is 18.2 Å². The lowest BCUT2D eigenvalue weighted by Gasteiger charge is -2.11. The highest BCUT2D eigenvalue weighted by Gasteiger charge is 2.13. The Bertz CT molecular complexity index is 463. The summed E-state index contributed by atoms with van der Waals surface area (Å²) in [5.41, 5.74) is 3.86. The minimum absolute atomic E-state index is 0.535. The summed E-state index contributed by atoms with van der Waals surface area (Å²) in [6, 6.07) is 3.88. The molecule has 1 N–H and O–H groups in total. The third-order valence-corrected chi connectivity index (χ3v) is 2.58. The standard InChI is InChI=1S/C13H15NO2/c1-9-5-10(2)13(14-7-9)12(15)6-11-3-4-16-8-11/h3-5,7-8,12,15H,6H2,1-2H3. The predicted octanol–water partition coefficient (Wildman–Crippen LogP) is 2.57. The van der Waals surface area contributed by atoms with Gasteiger partial charge in [0.1, 0.15) is 6.10 Å². The number of aryl methyl sites for hydroxylation is 2. The fourth-order valence-electron chi connectivity index (χ4n) is 1.80. The maximum atomic E-state index is 10.1. The SMILES string of the molecule is Cc1cnc(C(O)Cc2ccoc2)c(C)c1. The molecule has 3 nitrogen and oxygen atoms in total. The van der Waals surface area contributed by atoms with Crippen molar-refractivity contribution in [3.63, 3.8) is 0 Å². The molecule has 0 fully saturated rings. The van der Waals surface area contributed by atoms with E-state index in [2.05, 4.69) is 4.98 Å². The van der Waals surface area contributed by atoms with Crippen LogP contribution in [0, 0.1) is 13.8 Å². The Morgan fingerprint density at radius 3 is 2.88 bits per heavy atom. The molecule has 0 saturated carbocycles. The van der Waals surface area contributed by atoms with E-state index in [0.717, 1.165) is 22.4 Å². The van der Waals surface area contributed by atoms with Crippen LogP contribution < -0.4 is 0 Å². The van der Waals surface area contributed by atoms with Gasteiger partial charge in [-0.15, -0.1) is 0 Å². The number of aliphatic hydroxyl groups is 1. The fourth-order valence-corrected chi connectivity index (χ4v) is 1.80. The van der Waals surface area contributed by atoms with E-state index >= 15 is 0 Å². The third kappa shape index (κ3) is 2.31. The van der Waals surface area contributed by atoms with Crippen molar-refractivity contribution in [1.29, 1.82) is 0 Å². The minimum Gasteiger partial charge on any atom is -0.472 e. The molecule has 0 aromatic carbocycles. The highest BCUT2D eigenvalue weighted by molar-refractivity contribution is 5.26. The summed E-state index contributed by atoms with van der Waals surface area (Å²) in [6.07, 6.45) is 5.00. The van der Waals surface area contributed by atoms with Crippen molar-refractivity contribution >= 4 is 0 Å². The van der Waals surface area contributed by atoms with Crippen molar-refractivity contribution in [2.75, 3.05) is 0 Å². The molecule has 2 heterocycles. The maximum absolute atomic E-state index is 10.1. The average Bonchev–Trinajstić information content (AvgIpc) is 2.70. The topological polar surface area (TPSA) is 46.3 Å². The molecule has 0 aliphatic heterocycles. The molecule has 2 aromatic rings. The Hall–Kier alpha value is -1.61. The summed E-state index contributed by atoms with van der Waals surface area (Å²) < 4.78 is 4.97. The molecule has 0 radical (unpaired) electrons. The lowest BCUT2D eigenvalue weighted by atomic mass is 10.0. The van der Waals surface area contributed by atoms with Gasteiger partial charge in [0, 0.05) is 12.6 Å². The Balaban J connectivity index is 2.17. The van der Waals surface area contributed by atoms with E-state index in [4.69, 9.17) is 4.42 Å². The average molecular weight is 217 g/mol. The van der Waals surface area contributed by atoms with Gasteiger partial charge in [-0.3, -0.25) is 4.98 Å². The third-order valence-electron chi connectivity index (χ3n) is 2.58. The van der Waals surface area contributed by atoms with Crippen molar-refractivity contribution in [2.24, 2.45) is 0 Å². The summed E-state index contributed by atoms with van der Waals surface area (Å²) in [5.74, 6) is 0. The number of hydrogen-bond acceptors (Lipinski definition) is 3. The Morgan fingerprint density at radius 2 is 2.25 bits per heavy atom. The second-order valence-corrected chi connectivity index (χ2v) is 4.07. The van der Waals surface area contributed by atoms with Gasteiger partial charge in [-0.2, -0.15) is 0 Å². The molecule has 1 unspecified atom stereocenters. The number of rotatable bonds is 3. The van der Waals surface area contributed by atoms with Crippen molar-refractivity contribution < 1.29 is 9.52 Å². The van der Waals surface area contributed by atoms with Crippen molar-refractivity contribution in [2.45, 2.75) is 26.4 Å². The molecule has 16 heavy (non-hydrogen) atoms. The first kappa shape index (κ1) is 10.9. The molecule has 0 aliphatic rings. The number of furan rings is 1. The fraction of sp³-hybridized carbons (Fsp3) is 0.308. The van der Waals surface area contributed by atoms with Crippen LogP contribution in [-0.2, 0) is 6.42 Å². The quantitative estimate of drug-likeness (QED) is 0.859. The maximum Gasteiger partial charge on any atom is 0.100 e. The Labute approximate surface area is 94.8 Å². The molecular formula is C13H15NO2. The van der Waals surface area contributed by atoms with Gasteiger partial charge in [0.2, 0.25) is 0 Å². The van der Waals surface area contributed by atoms with Crippen LogP contribution in [-0.4, -0.2) is 10.1 Å². The van der Waals surface area contributed by atoms with E-state index in [1.165, 1.54) is 0 Å². The number of aromatic nitrogens is 1. The summed E-state index contributed by atoms with van der Waals surface area (Å²) >= 11 is 0. The molecule has 2 aromatic heterocycles. The first-order valence-electron chi connectivity index (χ1n) is 5.29. The van der Waals surface area contributed by atoms with Gasteiger partial charge in [0.15, 0.2) is 0 Å². The van der Waals surface area contributed by atoms with Gasteiger partial charge >= 0.3 is 0 Å². The first-order valence-corrected chi connectivity index (χ1v) is 5.29. The van der Waals surface area contributed by atoms with Crippen molar-refractivity contribution in [3.05, 3.63) is 53.2 Å². The van der Waals surface area contributed by atoms with Crippen LogP contribution in [0.1, 0.15) is 28.5 Å². The zero-order chi connectivity index (χ0) is 11.5. The first-order chi connectivity index (χ1) is 7.66. The zero-order valence-electron chi connectivity index (χ0n) is 9.47. The molecular weight excluding hydrogens is 202 g/mol. The van der Waals surface area contributed by atoms with E-state index in [0.29, 0.717) is 6.42 Å². The van der Waals surface area contributed by atoms with E-state index in [1.807, 2.05) is 26.0 Å². The summed E-state index contributed by atoms with van der Waals surface area (Å²) in [7, 11) is 0. The van der Waals surface area contributed by atoms with Crippen LogP contribution in [0.3, 0.4) is 0 Å². The number of aliphatic hydroxyl groups excluding tert-OH is 1. The predicted molar refractivity (Wildman–Crippen MR) is 61.1 cm³/mol. The van der Waals surface area contributed by atoms with Crippen LogP contribution in [0.4, 0.5) is 0 Å². The van der Waals surface area contributed by atoms with Crippen molar-refractivity contribution in [1.82, 2.24) is 4.98 Å². The molecule has 84 valence electrons. The van der Waals surface area contributed by atoms with Gasteiger partial charge in [-0.05, 0) is 36.6 Å². The molecule has 0 saturated heterocycles. The second kappa shape index (κ2) is 4.49. The molecule has 0 spiro atoms. The van der Waals surface area contributed by atoms with E-state index in [1.54, 1.807) is 18.7 Å². The lowest BCUT2D eigenvalue weighted by molar-refractivity contribution is 0.172. The van der Waals surface area contributed by atoms with Crippen molar-refractivity contribution in [3.8, 4) is 0 Å². The van der Waals surface area contributed by atoms with Crippen LogP contribution in [0.2, 0.25) is 0 Å². The largest absolute Gasteiger partial charge is 0.472 e. The number of pyridine rings is 1. The van der Waals surface area contributed by atoms with E-state index in [9.17, 15) is 5.11 Å². The van der Waals surface area contributed by atoms with E-state index in [-0.39, 0.29) is 0 Å². The molecule has 2 rings (SSSR count). The zero-order valence-corrected chi connectivity index (χ0v) is 9.47. The number of nitrogens with zero attached hydrogens (tertiary/aromatic N) is 1. The smallest absolute Gasteiger partial charge is 0.100 e. The van der Waals surface area contributed by atoms with Crippen LogP contribution in [0.5, 0.6) is 0 Å². The molecule has 3 heteroatoms. The van der Waals surface area contributed by atoms with Gasteiger partial charge < -0.3 is 9.52 Å². The lowest BCUT2D eigenvalue weighted by Crippen LogP contribution is -2.06. The van der Waals surface area contributed by atoms with Gasteiger partial charge in [0.25, 0.3) is 0 Å². The molecule has 0 bridgehead atoms. The normalized spacial score (nSPS) is 12.7. The Morgan fingerprint density at radius 1 is 1.44 bits per heavy atom. The van der Waals surface area contributed by atoms with E-state index < -0.39 is 6.10 Å². The van der Waals surface area contributed by atoms with Crippen LogP contribution >= 0.6 is 0 Å². The molecule has 0 aliphatic carbocycles. The summed E-state index contributed by atoms with van der Waals surface area (Å²) in [5, 5.41) is 10.1. The second-order valence-electron chi connectivity index (χ2n) is 4.07. The Kier molecular flexibility index (Phi) is 3.06.